The topological polar surface area (TPSA) is 90.9 Å². The Balaban J connectivity index is 1.70. The van der Waals surface area contributed by atoms with Gasteiger partial charge in [0.05, 0.1) is 45.3 Å². The van der Waals surface area contributed by atoms with Crippen LogP contribution in [-0.2, 0) is 17.4 Å². The van der Waals surface area contributed by atoms with Crippen LogP contribution < -0.4 is 0 Å². The lowest BCUT2D eigenvalue weighted by atomic mass is 9.88. The van der Waals surface area contributed by atoms with E-state index in [0.717, 1.165) is 46.0 Å². The summed E-state index contributed by atoms with van der Waals surface area (Å²) in [5.41, 5.74) is 3.87. The van der Waals surface area contributed by atoms with Gasteiger partial charge in [0.2, 0.25) is 0 Å². The van der Waals surface area contributed by atoms with E-state index >= 15 is 0 Å². The van der Waals surface area contributed by atoms with E-state index in [4.69, 9.17) is 30.4 Å². The van der Waals surface area contributed by atoms with Crippen LogP contribution in [0.25, 0.3) is 33.2 Å². The number of nitrogens with zero attached hydrogens (tertiary/aromatic N) is 6. The Morgan fingerprint density at radius 3 is 2.68 bits per heavy atom. The number of aryl methyl sites for hydroxylation is 2. The van der Waals surface area contributed by atoms with Crippen LogP contribution in [0.5, 0.6) is 0 Å². The van der Waals surface area contributed by atoms with Gasteiger partial charge in [-0.1, -0.05) is 28.9 Å². The highest BCUT2D eigenvalue weighted by Crippen LogP contribution is 2.42. The molecule has 0 spiro atoms. The van der Waals surface area contributed by atoms with Crippen LogP contribution in [0.4, 0.5) is 0 Å². The maximum Gasteiger partial charge on any atom is 0.0960 e. The number of halogens is 1. The Hall–Kier alpha value is -3.33. The van der Waals surface area contributed by atoms with Gasteiger partial charge in [0.15, 0.2) is 0 Å². The summed E-state index contributed by atoms with van der Waals surface area (Å²) < 4.78 is 33.5. The number of fused-ring (bicyclic) bond motifs is 3. The summed E-state index contributed by atoms with van der Waals surface area (Å²) in [6, 6.07) is 11.3. The van der Waals surface area contributed by atoms with Gasteiger partial charge in [-0.05, 0) is 69.3 Å². The van der Waals surface area contributed by atoms with E-state index in [2.05, 4.69) is 14.9 Å². The second-order valence-corrected chi connectivity index (χ2v) is 10.9. The number of aromatic nitrogens is 6. The third kappa shape index (κ3) is 4.26. The molecule has 0 radical (unpaired) electrons. The van der Waals surface area contributed by atoms with Gasteiger partial charge in [0.25, 0.3) is 0 Å². The molecule has 1 N–H and O–H groups in total. The van der Waals surface area contributed by atoms with Crippen LogP contribution in [0.15, 0.2) is 48.8 Å². The van der Waals surface area contributed by atoms with Crippen LogP contribution >= 0.6 is 11.6 Å². The fourth-order valence-electron chi connectivity index (χ4n) is 5.59. The average molecular weight is 534 g/mol. The van der Waals surface area contributed by atoms with Crippen molar-refractivity contribution in [1.29, 1.82) is 0 Å². The molecule has 0 amide bonds. The summed E-state index contributed by atoms with van der Waals surface area (Å²) in [6.45, 7) is 2.36. The molecule has 6 rings (SSSR count). The van der Waals surface area contributed by atoms with Gasteiger partial charge in [-0.15, -0.1) is 5.10 Å². The zero-order valence-electron chi connectivity index (χ0n) is 24.5. The van der Waals surface area contributed by atoms with Crippen molar-refractivity contribution >= 4 is 33.5 Å². The zero-order valence-corrected chi connectivity index (χ0v) is 22.3. The van der Waals surface area contributed by atoms with E-state index < -0.39 is 12.5 Å². The molecule has 0 bridgehead atoms. The minimum atomic E-state index is -2.44. The monoisotopic (exact) mass is 533 g/mol. The van der Waals surface area contributed by atoms with Gasteiger partial charge in [-0.25, -0.2) is 4.68 Å². The van der Waals surface area contributed by atoms with Crippen LogP contribution in [0.3, 0.4) is 0 Å². The predicted molar refractivity (Wildman–Crippen MR) is 148 cm³/mol. The van der Waals surface area contributed by atoms with Gasteiger partial charge in [-0.2, -0.15) is 0 Å². The van der Waals surface area contributed by atoms with Crippen molar-refractivity contribution in [3.63, 3.8) is 0 Å². The fourth-order valence-corrected chi connectivity index (χ4v) is 5.76. The van der Waals surface area contributed by atoms with E-state index in [1.807, 2.05) is 30.3 Å². The maximum atomic E-state index is 10.9. The first-order valence-corrected chi connectivity index (χ1v) is 13.1. The van der Waals surface area contributed by atoms with E-state index in [1.165, 1.54) is 4.68 Å². The second-order valence-electron chi connectivity index (χ2n) is 10.5. The first-order valence-electron chi connectivity index (χ1n) is 14.2. The van der Waals surface area contributed by atoms with Crippen LogP contribution in [0, 0.1) is 12.8 Å². The predicted octanol–water partition coefficient (Wildman–Crippen LogP) is 5.59. The quantitative estimate of drug-likeness (QED) is 0.317. The van der Waals surface area contributed by atoms with E-state index in [9.17, 15) is 5.11 Å². The summed E-state index contributed by atoms with van der Waals surface area (Å²) >= 11 is 6.49. The zero-order chi connectivity index (χ0) is 29.1. The molecule has 1 atom stereocenters. The molecule has 1 aromatic carbocycles. The first kappa shape index (κ1) is 21.6. The van der Waals surface area contributed by atoms with Crippen molar-refractivity contribution in [1.82, 2.24) is 29.5 Å². The Labute approximate surface area is 230 Å². The molecular weight excluding hydrogens is 500 g/mol. The summed E-state index contributed by atoms with van der Waals surface area (Å²) in [5.74, 6) is 0.180. The van der Waals surface area contributed by atoms with E-state index in [-0.39, 0.29) is 17.7 Å². The van der Waals surface area contributed by atoms with Gasteiger partial charge < -0.3 is 14.4 Å². The summed E-state index contributed by atoms with van der Waals surface area (Å²) in [7, 11) is 1.67. The molecule has 8 nitrogen and oxygen atoms in total. The summed E-state index contributed by atoms with van der Waals surface area (Å²) in [6.07, 6.45) is 5.04. The van der Waals surface area contributed by atoms with Crippen molar-refractivity contribution in [3.8, 4) is 11.3 Å². The summed E-state index contributed by atoms with van der Waals surface area (Å²) in [4.78, 5) is 9.65. The lowest BCUT2D eigenvalue weighted by molar-refractivity contribution is 0.0547. The SMILES string of the molecule is [2H]C([2H])([2H])c1nnn(C)c1-c1cnc2c3ccc(C(C)(C)O)cc3n(C(c3cc(Cl)ccn3)C3CCOCC3)c2c1. The van der Waals surface area contributed by atoms with Crippen molar-refractivity contribution in [2.45, 2.75) is 45.2 Å². The van der Waals surface area contributed by atoms with Gasteiger partial charge in [0, 0.05) is 52.7 Å². The smallest absolute Gasteiger partial charge is 0.0960 e. The minimum Gasteiger partial charge on any atom is -0.386 e. The Kier molecular flexibility index (Phi) is 5.37. The molecule has 1 saturated heterocycles. The third-order valence-corrected chi connectivity index (χ3v) is 7.72. The third-order valence-electron chi connectivity index (χ3n) is 7.48. The highest BCUT2D eigenvalue weighted by molar-refractivity contribution is 6.30. The van der Waals surface area contributed by atoms with Crippen molar-refractivity contribution < 1.29 is 14.0 Å². The molecule has 38 heavy (non-hydrogen) atoms. The number of pyridine rings is 2. The van der Waals surface area contributed by atoms with E-state index in [0.29, 0.717) is 29.5 Å². The van der Waals surface area contributed by atoms with Crippen molar-refractivity contribution in [3.05, 3.63) is 70.8 Å². The first-order chi connectivity index (χ1) is 19.4. The molecule has 9 heteroatoms. The molecule has 1 aliphatic heterocycles. The minimum absolute atomic E-state index is 0.0781. The molecule has 5 heterocycles. The average Bonchev–Trinajstić information content (AvgIpc) is 3.47. The van der Waals surface area contributed by atoms with Crippen molar-refractivity contribution in [2.75, 3.05) is 13.2 Å². The molecule has 196 valence electrons. The van der Waals surface area contributed by atoms with Crippen LogP contribution in [0.2, 0.25) is 5.02 Å². The highest BCUT2D eigenvalue weighted by atomic mass is 35.5. The van der Waals surface area contributed by atoms with E-state index in [1.54, 1.807) is 39.4 Å². The van der Waals surface area contributed by atoms with Gasteiger partial charge in [0.1, 0.15) is 0 Å². The molecule has 1 aliphatic rings. The summed E-state index contributed by atoms with van der Waals surface area (Å²) in [5, 5.41) is 20.4. The largest absolute Gasteiger partial charge is 0.386 e. The fraction of sp³-hybridized carbons (Fsp3) is 0.379. The number of ether oxygens (including phenoxy) is 1. The molecular formula is C29H31ClN6O2. The molecule has 1 unspecified atom stereocenters. The number of hydrogen-bond acceptors (Lipinski definition) is 6. The highest BCUT2D eigenvalue weighted by Gasteiger charge is 2.32. The number of aliphatic hydroxyl groups is 1. The molecule has 0 saturated carbocycles. The lowest BCUT2D eigenvalue weighted by Gasteiger charge is -2.32. The van der Waals surface area contributed by atoms with Crippen LogP contribution in [0.1, 0.15) is 53.8 Å². The number of hydrogen-bond donors (Lipinski definition) is 1. The normalized spacial score (nSPS) is 17.4. The molecule has 1 fully saturated rings. The second kappa shape index (κ2) is 9.45. The van der Waals surface area contributed by atoms with Crippen LogP contribution in [-0.4, -0.2) is 47.8 Å². The Morgan fingerprint density at radius 2 is 1.95 bits per heavy atom. The Bertz CT molecular complexity index is 1750. The number of rotatable bonds is 5. The van der Waals surface area contributed by atoms with Gasteiger partial charge in [-0.3, -0.25) is 9.97 Å². The van der Waals surface area contributed by atoms with Crippen molar-refractivity contribution in [2.24, 2.45) is 13.0 Å². The standard InChI is InChI=1S/C29H31ClN6O2/c1-17-27(35(4)34-33-17)19-13-25-26(32-16-19)22-6-5-20(29(2,3)37)14-24(22)36(25)28(18-8-11-38-12-9-18)23-15-21(30)7-10-31-23/h5-7,10,13-16,18,28,37H,8-9,11-12H2,1-4H3/i1D3. The lowest BCUT2D eigenvalue weighted by Crippen LogP contribution is -2.27. The van der Waals surface area contributed by atoms with Gasteiger partial charge >= 0.3 is 0 Å². The maximum absolute atomic E-state index is 10.9. The molecule has 4 aromatic heterocycles. The molecule has 5 aromatic rings. The number of benzene rings is 1. The molecule has 0 aliphatic carbocycles. The Morgan fingerprint density at radius 1 is 1.13 bits per heavy atom.